The summed E-state index contributed by atoms with van der Waals surface area (Å²) in [5.41, 5.74) is 5.35. The van der Waals surface area contributed by atoms with E-state index in [2.05, 4.69) is 111 Å². The lowest BCUT2D eigenvalue weighted by molar-refractivity contribution is 1.34. The maximum Gasteiger partial charge on any atom is 0.0715 e. The van der Waals surface area contributed by atoms with Crippen LogP contribution in [-0.4, -0.2) is 4.98 Å². The largest absolute Gasteiger partial charge is 0.248 e. The quantitative estimate of drug-likeness (QED) is 0.289. The van der Waals surface area contributed by atoms with Crippen LogP contribution in [0.3, 0.4) is 0 Å². The van der Waals surface area contributed by atoms with Gasteiger partial charge in [0.15, 0.2) is 0 Å². The summed E-state index contributed by atoms with van der Waals surface area (Å²) in [5.74, 6) is 0. The van der Waals surface area contributed by atoms with Crippen molar-refractivity contribution in [3.63, 3.8) is 0 Å². The van der Waals surface area contributed by atoms with E-state index in [-0.39, 0.29) is 0 Å². The molecule has 0 saturated carbocycles. The third kappa shape index (κ3) is 3.79. The van der Waals surface area contributed by atoms with Gasteiger partial charge in [0.1, 0.15) is 0 Å². The third-order valence-electron chi connectivity index (χ3n) is 4.21. The van der Waals surface area contributed by atoms with E-state index in [1.165, 1.54) is 0 Å². The topological polar surface area (TPSA) is 12.9 Å². The van der Waals surface area contributed by atoms with Crippen LogP contribution in [-0.2, 0) is 0 Å². The fraction of sp³-hybridized carbons (Fsp3) is 0. The summed E-state index contributed by atoms with van der Waals surface area (Å²) >= 11 is 7.02. The summed E-state index contributed by atoms with van der Waals surface area (Å²) < 4.78 is 2.14. The molecule has 0 amide bonds. The summed E-state index contributed by atoms with van der Waals surface area (Å²) in [4.78, 5) is 4.90. The van der Waals surface area contributed by atoms with Crippen molar-refractivity contribution < 1.29 is 0 Å². The number of hydrogen-bond acceptors (Lipinski definition) is 1. The van der Waals surface area contributed by atoms with E-state index in [1.807, 2.05) is 12.1 Å². The van der Waals surface area contributed by atoms with Gasteiger partial charge in [-0.15, -0.1) is 0 Å². The number of rotatable bonds is 3. The van der Waals surface area contributed by atoms with Crippen LogP contribution in [0.15, 0.2) is 93.9 Å². The Labute approximate surface area is 169 Å². The zero-order chi connectivity index (χ0) is 17.9. The Morgan fingerprint density at radius 3 is 2.08 bits per heavy atom. The Morgan fingerprint density at radius 2 is 1.35 bits per heavy atom. The molecule has 0 aliphatic carbocycles. The maximum absolute atomic E-state index is 4.90. The smallest absolute Gasteiger partial charge is 0.0715 e. The number of fused-ring (bicyclic) bond motifs is 1. The van der Waals surface area contributed by atoms with E-state index >= 15 is 0 Å². The van der Waals surface area contributed by atoms with Gasteiger partial charge in [-0.3, -0.25) is 0 Å². The standard InChI is InChI=1S/C23H15Br2N/c24-19-10-5-16(6-11-19)15-21(17-7-12-20(25)13-8-17)23-14-9-18-3-1-2-4-22(18)26-23/h1-15H/b21-15+. The molecule has 0 fully saturated rings. The first kappa shape index (κ1) is 17.2. The highest BCUT2D eigenvalue weighted by atomic mass is 79.9. The molecule has 4 rings (SSSR count). The van der Waals surface area contributed by atoms with Gasteiger partial charge in [0.05, 0.1) is 11.2 Å². The molecule has 0 spiro atoms. The number of halogens is 2. The Balaban J connectivity index is 1.88. The lowest BCUT2D eigenvalue weighted by atomic mass is 9.99. The summed E-state index contributed by atoms with van der Waals surface area (Å²) in [5, 5.41) is 1.15. The van der Waals surface area contributed by atoms with Crippen LogP contribution >= 0.6 is 31.9 Å². The Kier molecular flexibility index (Phi) is 5.00. The number of nitrogens with zero attached hydrogens (tertiary/aromatic N) is 1. The minimum absolute atomic E-state index is 0.967. The average Bonchev–Trinajstić information content (AvgIpc) is 2.68. The Hall–Kier alpha value is -2.23. The number of para-hydroxylation sites is 1. The number of aromatic nitrogens is 1. The fourth-order valence-electron chi connectivity index (χ4n) is 2.88. The first-order valence-corrected chi connectivity index (χ1v) is 9.87. The molecular formula is C23H15Br2N. The van der Waals surface area contributed by atoms with Crippen LogP contribution in [0, 0.1) is 0 Å². The number of benzene rings is 3. The second-order valence-electron chi connectivity index (χ2n) is 6.01. The maximum atomic E-state index is 4.90. The van der Waals surface area contributed by atoms with Gasteiger partial charge in [0.2, 0.25) is 0 Å². The zero-order valence-corrected chi connectivity index (χ0v) is 17.0. The number of pyridine rings is 1. The van der Waals surface area contributed by atoms with Crippen LogP contribution in [0.2, 0.25) is 0 Å². The average molecular weight is 465 g/mol. The molecule has 3 heteroatoms. The molecule has 4 aromatic rings. The summed E-state index contributed by atoms with van der Waals surface area (Å²) in [7, 11) is 0. The highest BCUT2D eigenvalue weighted by Crippen LogP contribution is 2.28. The van der Waals surface area contributed by atoms with Gasteiger partial charge < -0.3 is 0 Å². The van der Waals surface area contributed by atoms with Crippen molar-refractivity contribution in [3.8, 4) is 0 Å². The van der Waals surface area contributed by atoms with Gasteiger partial charge in [0, 0.05) is 19.9 Å². The normalized spacial score (nSPS) is 11.7. The molecule has 0 bridgehead atoms. The SMILES string of the molecule is Brc1ccc(/C=C(\c2ccc(Br)cc2)c2ccc3ccccc3n2)cc1. The van der Waals surface area contributed by atoms with E-state index in [0.29, 0.717) is 0 Å². The molecule has 1 nitrogen and oxygen atoms in total. The predicted molar refractivity (Wildman–Crippen MR) is 117 cm³/mol. The second kappa shape index (κ2) is 7.56. The Morgan fingerprint density at radius 1 is 0.692 bits per heavy atom. The van der Waals surface area contributed by atoms with Crippen LogP contribution < -0.4 is 0 Å². The van der Waals surface area contributed by atoms with Crippen molar-refractivity contribution >= 4 is 54.4 Å². The predicted octanol–water partition coefficient (Wildman–Crippen LogP) is 7.35. The van der Waals surface area contributed by atoms with Gasteiger partial charge >= 0.3 is 0 Å². The minimum Gasteiger partial charge on any atom is -0.248 e. The molecule has 0 unspecified atom stereocenters. The zero-order valence-electron chi connectivity index (χ0n) is 13.9. The second-order valence-corrected chi connectivity index (χ2v) is 7.84. The molecule has 1 heterocycles. The molecule has 3 aromatic carbocycles. The first-order valence-electron chi connectivity index (χ1n) is 8.28. The third-order valence-corrected chi connectivity index (χ3v) is 5.27. The van der Waals surface area contributed by atoms with Crippen molar-refractivity contribution in [1.82, 2.24) is 4.98 Å². The fourth-order valence-corrected chi connectivity index (χ4v) is 3.40. The molecule has 1 aromatic heterocycles. The van der Waals surface area contributed by atoms with E-state index < -0.39 is 0 Å². The molecule has 26 heavy (non-hydrogen) atoms. The van der Waals surface area contributed by atoms with Gasteiger partial charge in [0.25, 0.3) is 0 Å². The lowest BCUT2D eigenvalue weighted by Gasteiger charge is -2.10. The van der Waals surface area contributed by atoms with Crippen LogP contribution in [0.25, 0.3) is 22.6 Å². The van der Waals surface area contributed by atoms with Crippen LogP contribution in [0.5, 0.6) is 0 Å². The summed E-state index contributed by atoms with van der Waals surface area (Å²) in [6.45, 7) is 0. The van der Waals surface area contributed by atoms with Crippen LogP contribution in [0.4, 0.5) is 0 Å². The van der Waals surface area contributed by atoms with Gasteiger partial charge in [-0.25, -0.2) is 4.98 Å². The van der Waals surface area contributed by atoms with Crippen molar-refractivity contribution in [2.75, 3.05) is 0 Å². The van der Waals surface area contributed by atoms with E-state index in [4.69, 9.17) is 4.98 Å². The van der Waals surface area contributed by atoms with Crippen LogP contribution in [0.1, 0.15) is 16.8 Å². The van der Waals surface area contributed by atoms with Gasteiger partial charge in [-0.05, 0) is 53.6 Å². The van der Waals surface area contributed by atoms with E-state index in [9.17, 15) is 0 Å². The molecular weight excluding hydrogens is 450 g/mol. The van der Waals surface area contributed by atoms with E-state index in [0.717, 1.165) is 42.2 Å². The molecule has 0 aliphatic rings. The number of hydrogen-bond donors (Lipinski definition) is 0. The molecule has 0 aliphatic heterocycles. The van der Waals surface area contributed by atoms with Gasteiger partial charge in [-0.2, -0.15) is 0 Å². The Bertz CT molecular complexity index is 1080. The minimum atomic E-state index is 0.967. The first-order chi connectivity index (χ1) is 12.7. The van der Waals surface area contributed by atoms with Crippen molar-refractivity contribution in [3.05, 3.63) is 111 Å². The molecule has 0 radical (unpaired) electrons. The molecule has 0 N–H and O–H groups in total. The highest BCUT2D eigenvalue weighted by Gasteiger charge is 2.08. The molecule has 0 saturated heterocycles. The summed E-state index contributed by atoms with van der Waals surface area (Å²) in [6, 6.07) is 29.1. The monoisotopic (exact) mass is 463 g/mol. The highest BCUT2D eigenvalue weighted by molar-refractivity contribution is 9.10. The van der Waals surface area contributed by atoms with Crippen molar-refractivity contribution in [1.29, 1.82) is 0 Å². The van der Waals surface area contributed by atoms with Gasteiger partial charge in [-0.1, -0.05) is 80.4 Å². The van der Waals surface area contributed by atoms with Crippen molar-refractivity contribution in [2.45, 2.75) is 0 Å². The lowest BCUT2D eigenvalue weighted by Crippen LogP contribution is -1.93. The van der Waals surface area contributed by atoms with E-state index in [1.54, 1.807) is 0 Å². The van der Waals surface area contributed by atoms with Crippen molar-refractivity contribution in [2.24, 2.45) is 0 Å². The molecule has 0 atom stereocenters. The summed E-state index contributed by atoms with van der Waals surface area (Å²) in [6.07, 6.45) is 2.19. The molecule has 126 valence electrons.